The van der Waals surface area contributed by atoms with Crippen LogP contribution in [0.4, 0.5) is 0 Å². The van der Waals surface area contributed by atoms with Gasteiger partial charge in [-0.15, -0.1) is 5.06 Å². The zero-order chi connectivity index (χ0) is 13.8. The average molecular weight is 277 g/mol. The third-order valence-corrected chi connectivity index (χ3v) is 3.75. The van der Waals surface area contributed by atoms with E-state index in [4.69, 9.17) is 14.3 Å². The lowest BCUT2D eigenvalue weighted by Gasteiger charge is -2.32. The van der Waals surface area contributed by atoms with Gasteiger partial charge in [0.25, 0.3) is 0 Å². The van der Waals surface area contributed by atoms with Crippen molar-refractivity contribution in [2.45, 2.75) is 19.1 Å². The predicted octanol–water partition coefficient (Wildman–Crippen LogP) is 1.84. The highest BCUT2D eigenvalue weighted by atomic mass is 16.7. The standard InChI is InChI=1S/C15H19NO4/c17-14(12-4-2-1-3-5-12)20-16-8-6-13(7-9-16)15-18-10-11-19-15/h1-5,13,15H,6-11H2. The zero-order valence-corrected chi connectivity index (χ0v) is 11.4. The van der Waals surface area contributed by atoms with E-state index >= 15 is 0 Å². The number of piperidine rings is 1. The number of carbonyl (C=O) groups excluding carboxylic acids is 1. The summed E-state index contributed by atoms with van der Waals surface area (Å²) in [6, 6.07) is 9.06. The minimum absolute atomic E-state index is 0.0676. The summed E-state index contributed by atoms with van der Waals surface area (Å²) in [7, 11) is 0. The SMILES string of the molecule is O=C(ON1CCC(C2OCCO2)CC1)c1ccccc1. The van der Waals surface area contributed by atoms with Crippen molar-refractivity contribution in [3.8, 4) is 0 Å². The van der Waals surface area contributed by atoms with Gasteiger partial charge in [0.1, 0.15) is 0 Å². The van der Waals surface area contributed by atoms with Crippen LogP contribution in [0.25, 0.3) is 0 Å². The molecule has 2 heterocycles. The van der Waals surface area contributed by atoms with E-state index in [0.29, 0.717) is 24.7 Å². The normalized spacial score (nSPS) is 22.0. The topological polar surface area (TPSA) is 48.0 Å². The van der Waals surface area contributed by atoms with Gasteiger partial charge in [-0.2, -0.15) is 0 Å². The molecule has 2 saturated heterocycles. The van der Waals surface area contributed by atoms with Gasteiger partial charge in [0.05, 0.1) is 18.8 Å². The summed E-state index contributed by atoms with van der Waals surface area (Å²) in [5.74, 6) is 0.113. The summed E-state index contributed by atoms with van der Waals surface area (Å²) >= 11 is 0. The lowest BCUT2D eigenvalue weighted by molar-refractivity contribution is -0.154. The number of benzene rings is 1. The van der Waals surface area contributed by atoms with Crippen LogP contribution in [0, 0.1) is 5.92 Å². The average Bonchev–Trinajstić information content (AvgIpc) is 3.03. The summed E-state index contributed by atoms with van der Waals surface area (Å²) in [5.41, 5.74) is 0.581. The van der Waals surface area contributed by atoms with Crippen LogP contribution >= 0.6 is 0 Å². The van der Waals surface area contributed by atoms with Gasteiger partial charge < -0.3 is 14.3 Å². The molecule has 108 valence electrons. The maximum Gasteiger partial charge on any atom is 0.357 e. The molecule has 1 aromatic carbocycles. The van der Waals surface area contributed by atoms with Gasteiger partial charge in [-0.3, -0.25) is 0 Å². The van der Waals surface area contributed by atoms with E-state index in [1.54, 1.807) is 17.2 Å². The molecule has 1 aromatic rings. The Balaban J connectivity index is 1.47. The van der Waals surface area contributed by atoms with Crippen molar-refractivity contribution in [2.75, 3.05) is 26.3 Å². The zero-order valence-electron chi connectivity index (χ0n) is 11.4. The van der Waals surface area contributed by atoms with Crippen molar-refractivity contribution in [1.29, 1.82) is 0 Å². The maximum atomic E-state index is 11.9. The molecule has 0 spiro atoms. The van der Waals surface area contributed by atoms with Crippen molar-refractivity contribution >= 4 is 5.97 Å². The number of nitrogens with zero attached hydrogens (tertiary/aromatic N) is 1. The molecule has 0 radical (unpaired) electrons. The largest absolute Gasteiger partial charge is 0.364 e. The molecule has 0 N–H and O–H groups in total. The highest BCUT2D eigenvalue weighted by Gasteiger charge is 2.31. The van der Waals surface area contributed by atoms with E-state index in [0.717, 1.165) is 25.9 Å². The van der Waals surface area contributed by atoms with E-state index in [2.05, 4.69) is 0 Å². The lowest BCUT2D eigenvalue weighted by Crippen LogP contribution is -2.39. The number of rotatable bonds is 3. The maximum absolute atomic E-state index is 11.9. The molecule has 0 saturated carbocycles. The van der Waals surface area contributed by atoms with E-state index in [1.807, 2.05) is 18.2 Å². The third kappa shape index (κ3) is 3.17. The molecule has 2 aliphatic rings. The van der Waals surface area contributed by atoms with Crippen molar-refractivity contribution in [1.82, 2.24) is 5.06 Å². The van der Waals surface area contributed by atoms with Gasteiger partial charge >= 0.3 is 5.97 Å². The smallest absolute Gasteiger partial charge is 0.357 e. The molecule has 20 heavy (non-hydrogen) atoms. The number of carbonyl (C=O) groups is 1. The summed E-state index contributed by atoms with van der Waals surface area (Å²) in [5, 5.41) is 1.74. The first-order chi connectivity index (χ1) is 9.83. The Labute approximate surface area is 118 Å². The summed E-state index contributed by atoms with van der Waals surface area (Å²) < 4.78 is 11.1. The number of ether oxygens (including phenoxy) is 2. The van der Waals surface area contributed by atoms with Gasteiger partial charge in [-0.1, -0.05) is 18.2 Å². The summed E-state index contributed by atoms with van der Waals surface area (Å²) in [6.45, 7) is 2.83. The third-order valence-electron chi connectivity index (χ3n) is 3.75. The Morgan fingerprint density at radius 3 is 2.40 bits per heavy atom. The fraction of sp³-hybridized carbons (Fsp3) is 0.533. The second kappa shape index (κ2) is 6.35. The first-order valence-corrected chi connectivity index (χ1v) is 7.08. The van der Waals surface area contributed by atoms with Crippen LogP contribution in [0.1, 0.15) is 23.2 Å². The van der Waals surface area contributed by atoms with E-state index in [-0.39, 0.29) is 12.3 Å². The van der Waals surface area contributed by atoms with Gasteiger partial charge in [0, 0.05) is 19.0 Å². The molecule has 3 rings (SSSR count). The van der Waals surface area contributed by atoms with Gasteiger partial charge in [-0.05, 0) is 25.0 Å². The Morgan fingerprint density at radius 1 is 1.10 bits per heavy atom. The van der Waals surface area contributed by atoms with E-state index < -0.39 is 0 Å². The molecule has 5 heteroatoms. The van der Waals surface area contributed by atoms with Gasteiger partial charge in [0.15, 0.2) is 6.29 Å². The molecule has 2 fully saturated rings. The van der Waals surface area contributed by atoms with Crippen molar-refractivity contribution in [2.24, 2.45) is 5.92 Å². The molecule has 0 bridgehead atoms. The van der Waals surface area contributed by atoms with Gasteiger partial charge in [0.2, 0.25) is 0 Å². The Hall–Kier alpha value is -1.43. The molecule has 0 aromatic heterocycles. The van der Waals surface area contributed by atoms with Crippen molar-refractivity contribution < 1.29 is 19.1 Å². The number of hydrogen-bond donors (Lipinski definition) is 0. The van der Waals surface area contributed by atoms with Crippen LogP contribution in [-0.4, -0.2) is 43.6 Å². The van der Waals surface area contributed by atoms with Crippen LogP contribution in [0.3, 0.4) is 0 Å². The van der Waals surface area contributed by atoms with E-state index in [1.165, 1.54) is 0 Å². The van der Waals surface area contributed by atoms with Crippen LogP contribution in [0.2, 0.25) is 0 Å². The van der Waals surface area contributed by atoms with E-state index in [9.17, 15) is 4.79 Å². The highest BCUT2D eigenvalue weighted by Crippen LogP contribution is 2.26. The molecule has 5 nitrogen and oxygen atoms in total. The monoisotopic (exact) mass is 277 g/mol. The first-order valence-electron chi connectivity index (χ1n) is 7.08. The lowest BCUT2D eigenvalue weighted by atomic mass is 9.97. The molecule has 0 aliphatic carbocycles. The molecule has 0 amide bonds. The van der Waals surface area contributed by atoms with Crippen molar-refractivity contribution in [3.63, 3.8) is 0 Å². The Morgan fingerprint density at radius 2 is 1.75 bits per heavy atom. The van der Waals surface area contributed by atoms with Gasteiger partial charge in [-0.25, -0.2) is 4.79 Å². The molecular formula is C15H19NO4. The fourth-order valence-corrected chi connectivity index (χ4v) is 2.63. The highest BCUT2D eigenvalue weighted by molar-refractivity contribution is 5.89. The minimum atomic E-state index is -0.294. The molecule has 0 atom stereocenters. The molecule has 0 unspecified atom stereocenters. The molecule has 2 aliphatic heterocycles. The van der Waals surface area contributed by atoms with Crippen LogP contribution in [-0.2, 0) is 14.3 Å². The van der Waals surface area contributed by atoms with Crippen LogP contribution < -0.4 is 0 Å². The number of hydroxylamine groups is 2. The van der Waals surface area contributed by atoms with Crippen LogP contribution in [0.5, 0.6) is 0 Å². The summed E-state index contributed by atoms with van der Waals surface area (Å²) in [4.78, 5) is 17.3. The number of hydrogen-bond acceptors (Lipinski definition) is 5. The van der Waals surface area contributed by atoms with Crippen molar-refractivity contribution in [3.05, 3.63) is 35.9 Å². The Bertz CT molecular complexity index is 436. The second-order valence-electron chi connectivity index (χ2n) is 5.12. The van der Waals surface area contributed by atoms with Crippen LogP contribution in [0.15, 0.2) is 30.3 Å². The quantitative estimate of drug-likeness (QED) is 0.843. The Kier molecular flexibility index (Phi) is 4.30. The minimum Gasteiger partial charge on any atom is -0.364 e. The second-order valence-corrected chi connectivity index (χ2v) is 5.12. The first kappa shape index (κ1) is 13.5. The molecular weight excluding hydrogens is 258 g/mol. The summed E-state index contributed by atoms with van der Waals surface area (Å²) in [6.07, 6.45) is 1.78. The predicted molar refractivity (Wildman–Crippen MR) is 71.8 cm³/mol. The fourth-order valence-electron chi connectivity index (χ4n) is 2.63.